The van der Waals surface area contributed by atoms with Gasteiger partial charge in [-0.2, -0.15) is 26.3 Å². The minimum Gasteiger partial charge on any atom is -0.507 e. The zero-order chi connectivity index (χ0) is 34.3. The van der Waals surface area contributed by atoms with Crippen LogP contribution in [0.4, 0.5) is 32.0 Å². The van der Waals surface area contributed by atoms with Crippen LogP contribution in [0.15, 0.2) is 63.7 Å². The number of anilines is 1. The molecule has 2 aromatic rings. The number of imide groups is 1. The molecule has 47 heavy (non-hydrogen) atoms. The van der Waals surface area contributed by atoms with Crippen molar-refractivity contribution in [3.8, 4) is 17.2 Å². The van der Waals surface area contributed by atoms with Gasteiger partial charge in [-0.3, -0.25) is 19.2 Å². The van der Waals surface area contributed by atoms with E-state index in [1.807, 2.05) is 0 Å². The van der Waals surface area contributed by atoms with E-state index in [-0.39, 0.29) is 57.3 Å². The zero-order valence-corrected chi connectivity index (χ0v) is 25.8. The van der Waals surface area contributed by atoms with Gasteiger partial charge in [0.15, 0.2) is 11.6 Å². The fourth-order valence-corrected chi connectivity index (χ4v) is 7.47. The number of phenols is 1. The van der Waals surface area contributed by atoms with Crippen LogP contribution in [0.2, 0.25) is 0 Å². The lowest BCUT2D eigenvalue weighted by Gasteiger charge is -2.42. The van der Waals surface area contributed by atoms with Crippen LogP contribution < -0.4 is 14.4 Å². The van der Waals surface area contributed by atoms with Crippen molar-refractivity contribution >= 4 is 45.0 Å². The van der Waals surface area contributed by atoms with Gasteiger partial charge in [-0.1, -0.05) is 11.6 Å². The molecule has 8 nitrogen and oxygen atoms in total. The first-order valence-corrected chi connectivity index (χ1v) is 14.8. The molecule has 0 unspecified atom stereocenters. The Bertz CT molecular complexity index is 1840. The van der Waals surface area contributed by atoms with Crippen LogP contribution in [0.3, 0.4) is 0 Å². The molecule has 4 atom stereocenters. The number of fused-ring (bicyclic) bond motifs is 3. The SMILES string of the molecule is COc1cc(O)c([C@H]2C3=CC[C@@H]4C(=O)N(c5cc(C(F)(F)F)cc(C(F)(F)F)c5)C(=O)[C@@H]4[C@@H]3CC3=C2C(=O)C=C(Br)C3=O)c(OC)c1. The van der Waals surface area contributed by atoms with E-state index in [1.54, 1.807) is 6.08 Å². The van der Waals surface area contributed by atoms with E-state index in [0.717, 1.165) is 6.08 Å². The van der Waals surface area contributed by atoms with Gasteiger partial charge in [-0.15, -0.1) is 0 Å². The van der Waals surface area contributed by atoms with Gasteiger partial charge in [0, 0.05) is 40.8 Å². The van der Waals surface area contributed by atoms with Crippen LogP contribution >= 0.6 is 15.9 Å². The van der Waals surface area contributed by atoms with E-state index in [4.69, 9.17) is 9.47 Å². The Morgan fingerprint density at radius 1 is 0.872 bits per heavy atom. The summed E-state index contributed by atoms with van der Waals surface area (Å²) in [5.74, 6) is -8.03. The predicted octanol–water partition coefficient (Wildman–Crippen LogP) is 6.41. The molecule has 0 spiro atoms. The molecule has 3 aliphatic carbocycles. The second-order valence-electron chi connectivity index (χ2n) is 11.4. The van der Waals surface area contributed by atoms with Crippen molar-refractivity contribution in [1.29, 1.82) is 0 Å². The van der Waals surface area contributed by atoms with Gasteiger partial charge < -0.3 is 14.6 Å². The summed E-state index contributed by atoms with van der Waals surface area (Å²) in [6, 6.07) is 3.21. The Labute approximate surface area is 270 Å². The fraction of sp³-hybridized carbons (Fsp3) is 0.312. The lowest BCUT2D eigenvalue weighted by molar-refractivity contribution is -0.143. The molecule has 15 heteroatoms. The van der Waals surface area contributed by atoms with E-state index in [9.17, 15) is 50.6 Å². The number of ether oxygens (including phenoxy) is 2. The van der Waals surface area contributed by atoms with E-state index < -0.39 is 76.2 Å². The minimum absolute atomic E-state index is 0.000701. The van der Waals surface area contributed by atoms with Gasteiger partial charge >= 0.3 is 12.4 Å². The highest BCUT2D eigenvalue weighted by atomic mass is 79.9. The van der Waals surface area contributed by atoms with Gasteiger partial charge in [0.05, 0.1) is 47.4 Å². The van der Waals surface area contributed by atoms with Crippen LogP contribution in [-0.2, 0) is 31.5 Å². The highest BCUT2D eigenvalue weighted by Gasteiger charge is 2.57. The Morgan fingerprint density at radius 3 is 2.09 bits per heavy atom. The van der Waals surface area contributed by atoms with Crippen LogP contribution in [-0.4, -0.2) is 42.7 Å². The van der Waals surface area contributed by atoms with Crippen molar-refractivity contribution in [3.63, 3.8) is 0 Å². The van der Waals surface area contributed by atoms with E-state index in [1.165, 1.54) is 26.4 Å². The maximum Gasteiger partial charge on any atom is 0.416 e. The Balaban J connectivity index is 1.51. The highest BCUT2D eigenvalue weighted by Crippen LogP contribution is 2.58. The number of nitrogens with zero attached hydrogens (tertiary/aromatic N) is 1. The summed E-state index contributed by atoms with van der Waals surface area (Å²) >= 11 is 3.08. The van der Waals surface area contributed by atoms with E-state index >= 15 is 0 Å². The van der Waals surface area contributed by atoms with Crippen molar-refractivity contribution in [1.82, 2.24) is 0 Å². The van der Waals surface area contributed by atoms with Crippen LogP contribution in [0.25, 0.3) is 0 Å². The number of allylic oxidation sites excluding steroid dienone is 6. The summed E-state index contributed by atoms with van der Waals surface area (Å²) in [5, 5.41) is 11.2. The molecule has 1 N–H and O–H groups in total. The molecule has 0 saturated carbocycles. The number of ketones is 2. The third kappa shape index (κ3) is 5.15. The molecule has 1 saturated heterocycles. The maximum atomic E-state index is 14.1. The first-order valence-electron chi connectivity index (χ1n) is 14.0. The second-order valence-corrected chi connectivity index (χ2v) is 12.3. The number of carbonyl (C=O) groups is 4. The van der Waals surface area contributed by atoms with Crippen molar-refractivity contribution in [2.75, 3.05) is 19.1 Å². The summed E-state index contributed by atoms with van der Waals surface area (Å²) in [5.41, 5.74) is -3.90. The average molecular weight is 726 g/mol. The molecule has 6 rings (SSSR count). The molecule has 0 bridgehead atoms. The number of aromatic hydroxyl groups is 1. The minimum atomic E-state index is -5.23. The number of amides is 2. The first kappa shape index (κ1) is 32.5. The standard InChI is InChI=1S/C32H22BrF6NO7/c1-46-15-8-21(41)27(23(9-15)47-2)26-16-3-4-17-24(18(16)10-19-25(26)22(42)11-20(33)28(19)43)30(45)40(29(17)44)14-6-12(31(34,35)36)5-13(7-14)32(37,38)39/h3,5-9,11,17-18,24,26,41H,4,10H2,1-2H3/t17-,18+,24-,26-/m0/s1. The lowest BCUT2D eigenvalue weighted by Crippen LogP contribution is -2.39. The molecule has 1 aliphatic heterocycles. The predicted molar refractivity (Wildman–Crippen MR) is 155 cm³/mol. The van der Waals surface area contributed by atoms with Gasteiger partial charge in [0.1, 0.15) is 17.2 Å². The number of benzene rings is 2. The first-order chi connectivity index (χ1) is 22.0. The molecular formula is C32H22BrF6NO7. The van der Waals surface area contributed by atoms with Crippen molar-refractivity contribution in [2.24, 2.45) is 17.8 Å². The average Bonchev–Trinajstić information content (AvgIpc) is 3.26. The number of phenolic OH excluding ortho intramolecular Hbond substituents is 1. The number of rotatable bonds is 4. The number of Topliss-reactive ketones (excluding diaryl/α,β-unsaturated/α-hetero) is 1. The molecule has 0 aromatic heterocycles. The third-order valence-corrected chi connectivity index (χ3v) is 9.59. The van der Waals surface area contributed by atoms with E-state index in [2.05, 4.69) is 15.9 Å². The quantitative estimate of drug-likeness (QED) is 0.168. The summed E-state index contributed by atoms with van der Waals surface area (Å²) in [6.07, 6.45) is -8.21. The second kappa shape index (κ2) is 11.1. The van der Waals surface area contributed by atoms with Gasteiger partial charge in [-0.25, -0.2) is 4.90 Å². The summed E-state index contributed by atoms with van der Waals surface area (Å²) in [7, 11) is 2.64. The maximum absolute atomic E-state index is 14.1. The van der Waals surface area contributed by atoms with Gasteiger partial charge in [0.2, 0.25) is 11.8 Å². The number of carbonyl (C=O) groups excluding carboxylic acids is 4. The smallest absolute Gasteiger partial charge is 0.416 e. The van der Waals surface area contributed by atoms with Crippen LogP contribution in [0, 0.1) is 17.8 Å². The molecule has 1 fully saturated rings. The molecule has 2 amide bonds. The number of methoxy groups -OCH3 is 2. The van der Waals surface area contributed by atoms with Gasteiger partial charge in [0.25, 0.3) is 0 Å². The topological polar surface area (TPSA) is 110 Å². The summed E-state index contributed by atoms with van der Waals surface area (Å²) in [6.45, 7) is 0. The molecular weight excluding hydrogens is 704 g/mol. The van der Waals surface area contributed by atoms with E-state index in [0.29, 0.717) is 22.6 Å². The van der Waals surface area contributed by atoms with Crippen LogP contribution in [0.1, 0.15) is 35.4 Å². The molecule has 0 radical (unpaired) electrons. The Kier molecular flexibility index (Phi) is 7.68. The Hall–Kier alpha value is -4.40. The number of halogens is 7. The van der Waals surface area contributed by atoms with Crippen molar-refractivity contribution in [2.45, 2.75) is 31.1 Å². The highest BCUT2D eigenvalue weighted by molar-refractivity contribution is 9.12. The van der Waals surface area contributed by atoms with Crippen molar-refractivity contribution in [3.05, 3.63) is 80.4 Å². The van der Waals surface area contributed by atoms with Crippen LogP contribution in [0.5, 0.6) is 17.2 Å². The summed E-state index contributed by atoms with van der Waals surface area (Å²) < 4.78 is 92.6. The van der Waals surface area contributed by atoms with Gasteiger partial charge in [-0.05, 0) is 52.9 Å². The molecule has 1 heterocycles. The lowest BCUT2D eigenvalue weighted by atomic mass is 9.59. The molecule has 4 aliphatic rings. The van der Waals surface area contributed by atoms with Crippen molar-refractivity contribution < 1.29 is 60.1 Å². The number of alkyl halides is 6. The molecule has 246 valence electrons. The normalized spacial score (nSPS) is 24.5. The summed E-state index contributed by atoms with van der Waals surface area (Å²) in [4.78, 5) is 55.0. The monoisotopic (exact) mass is 725 g/mol. The number of hydrogen-bond donors (Lipinski definition) is 1. The third-order valence-electron chi connectivity index (χ3n) is 9.00. The zero-order valence-electron chi connectivity index (χ0n) is 24.3. The fourth-order valence-electron chi connectivity index (χ4n) is 7.02. The largest absolute Gasteiger partial charge is 0.507 e. The Morgan fingerprint density at radius 2 is 1.51 bits per heavy atom. The number of hydrogen-bond acceptors (Lipinski definition) is 7. The molecule has 2 aromatic carbocycles.